The van der Waals surface area contributed by atoms with Gasteiger partial charge in [0.2, 0.25) is 5.91 Å². The highest BCUT2D eigenvalue weighted by atomic mass is 35.5. The molecule has 3 N–H and O–H groups in total. The van der Waals surface area contributed by atoms with Crippen LogP contribution in [0.3, 0.4) is 0 Å². The third-order valence-corrected chi connectivity index (χ3v) is 2.00. The van der Waals surface area contributed by atoms with Crippen molar-refractivity contribution < 1.29 is 4.79 Å². The Hall–Kier alpha value is -0.280. The largest absolute Gasteiger partial charge is 0.354 e. The third-order valence-electron chi connectivity index (χ3n) is 2.00. The van der Waals surface area contributed by atoms with Crippen LogP contribution in [0, 0.1) is 5.41 Å². The van der Waals surface area contributed by atoms with Gasteiger partial charge in [-0.25, -0.2) is 0 Å². The normalized spacial score (nSPS) is 12.9. The first kappa shape index (κ1) is 17.1. The lowest BCUT2D eigenvalue weighted by Crippen LogP contribution is -2.43. The lowest BCUT2D eigenvalue weighted by atomic mass is 9.97. The summed E-state index contributed by atoms with van der Waals surface area (Å²) in [5, 5.41) is 2.87. The van der Waals surface area contributed by atoms with Crippen molar-refractivity contribution in [2.24, 2.45) is 11.1 Å². The quantitative estimate of drug-likeness (QED) is 0.768. The van der Waals surface area contributed by atoms with Crippen LogP contribution in [0.5, 0.6) is 0 Å². The minimum atomic E-state index is -0.336. The Morgan fingerprint density at radius 3 is 2.33 bits per heavy atom. The Kier molecular flexibility index (Phi) is 9.07. The number of unbranched alkanes of at least 4 members (excludes halogenated alkanes) is 1. The van der Waals surface area contributed by atoms with Crippen LogP contribution in [0.25, 0.3) is 0 Å². The van der Waals surface area contributed by atoms with Crippen LogP contribution in [0.15, 0.2) is 0 Å². The molecular weight excluding hydrogens is 212 g/mol. The molecule has 0 aliphatic heterocycles. The molecule has 0 spiro atoms. The highest BCUT2D eigenvalue weighted by Crippen LogP contribution is 2.10. The number of hydrogen-bond acceptors (Lipinski definition) is 2. The Labute approximate surface area is 99.6 Å². The van der Waals surface area contributed by atoms with Crippen molar-refractivity contribution in [2.75, 3.05) is 6.54 Å². The second kappa shape index (κ2) is 7.94. The molecule has 0 aromatic heterocycles. The zero-order valence-corrected chi connectivity index (χ0v) is 11.1. The fraction of sp³-hybridized carbons (Fsp3) is 0.909. The average molecular weight is 237 g/mol. The van der Waals surface area contributed by atoms with Crippen LogP contribution in [0.2, 0.25) is 0 Å². The van der Waals surface area contributed by atoms with Crippen molar-refractivity contribution in [3.63, 3.8) is 0 Å². The van der Waals surface area contributed by atoms with Crippen LogP contribution >= 0.6 is 12.4 Å². The molecule has 1 atom stereocenters. The van der Waals surface area contributed by atoms with E-state index < -0.39 is 0 Å². The van der Waals surface area contributed by atoms with Crippen LogP contribution in [0.4, 0.5) is 0 Å². The van der Waals surface area contributed by atoms with Gasteiger partial charge in [0.1, 0.15) is 0 Å². The summed E-state index contributed by atoms with van der Waals surface area (Å²) >= 11 is 0. The van der Waals surface area contributed by atoms with E-state index in [4.69, 9.17) is 5.73 Å². The molecule has 0 fully saturated rings. The molecule has 4 heteroatoms. The summed E-state index contributed by atoms with van der Waals surface area (Å²) in [6.07, 6.45) is 2.89. The van der Waals surface area contributed by atoms with Crippen molar-refractivity contribution in [1.82, 2.24) is 5.32 Å². The number of carbonyl (C=O) groups excluding carboxylic acids is 1. The molecule has 0 radical (unpaired) electrons. The van der Waals surface area contributed by atoms with Crippen LogP contribution < -0.4 is 11.1 Å². The maximum Gasteiger partial charge on any atom is 0.236 e. The van der Waals surface area contributed by atoms with E-state index in [2.05, 4.69) is 33.0 Å². The minimum Gasteiger partial charge on any atom is -0.354 e. The molecule has 0 saturated heterocycles. The number of nitrogens with two attached hydrogens (primary N) is 1. The summed E-state index contributed by atoms with van der Waals surface area (Å²) in [5.74, 6) is -0.0200. The fourth-order valence-electron chi connectivity index (χ4n) is 1.04. The molecule has 92 valence electrons. The summed E-state index contributed by atoms with van der Waals surface area (Å²) in [6, 6.07) is -0.336. The van der Waals surface area contributed by atoms with Crippen LogP contribution in [-0.2, 0) is 4.79 Å². The smallest absolute Gasteiger partial charge is 0.236 e. The molecule has 0 saturated carbocycles. The van der Waals surface area contributed by atoms with E-state index in [1.807, 2.05) is 0 Å². The van der Waals surface area contributed by atoms with Crippen molar-refractivity contribution >= 4 is 18.3 Å². The first-order valence-corrected chi connectivity index (χ1v) is 5.40. The Balaban J connectivity index is 0. The molecule has 0 rings (SSSR count). The Bertz CT molecular complexity index is 178. The van der Waals surface area contributed by atoms with Gasteiger partial charge in [-0.2, -0.15) is 0 Å². The van der Waals surface area contributed by atoms with Gasteiger partial charge in [-0.3, -0.25) is 4.79 Å². The Morgan fingerprint density at radius 1 is 1.40 bits per heavy atom. The van der Waals surface area contributed by atoms with Gasteiger partial charge in [0.25, 0.3) is 0 Å². The van der Waals surface area contributed by atoms with Crippen molar-refractivity contribution in [3.8, 4) is 0 Å². The first-order valence-electron chi connectivity index (χ1n) is 5.40. The lowest BCUT2D eigenvalue weighted by Gasteiger charge is -2.20. The number of nitrogens with one attached hydrogen (secondary N) is 1. The maximum absolute atomic E-state index is 11.5. The maximum atomic E-state index is 11.5. The second-order valence-corrected chi connectivity index (χ2v) is 5.03. The summed E-state index contributed by atoms with van der Waals surface area (Å²) < 4.78 is 0. The number of halogens is 1. The van der Waals surface area contributed by atoms with Gasteiger partial charge in [-0.05, 0) is 11.8 Å². The van der Waals surface area contributed by atoms with Gasteiger partial charge in [-0.1, -0.05) is 40.5 Å². The molecule has 0 unspecified atom stereocenters. The lowest BCUT2D eigenvalue weighted by molar-refractivity contribution is -0.122. The zero-order chi connectivity index (χ0) is 11.2. The number of hydrogen-bond donors (Lipinski definition) is 2. The van der Waals surface area contributed by atoms with Gasteiger partial charge in [-0.15, -0.1) is 12.4 Å². The van der Waals surface area contributed by atoms with E-state index in [9.17, 15) is 4.79 Å². The Morgan fingerprint density at radius 2 is 1.93 bits per heavy atom. The van der Waals surface area contributed by atoms with Crippen LogP contribution in [0.1, 0.15) is 47.0 Å². The molecule has 0 aliphatic carbocycles. The van der Waals surface area contributed by atoms with Gasteiger partial charge < -0.3 is 11.1 Å². The summed E-state index contributed by atoms with van der Waals surface area (Å²) in [6.45, 7) is 9.05. The summed E-state index contributed by atoms with van der Waals surface area (Å²) in [7, 11) is 0. The monoisotopic (exact) mass is 236 g/mol. The van der Waals surface area contributed by atoms with E-state index in [-0.39, 0.29) is 29.8 Å². The zero-order valence-electron chi connectivity index (χ0n) is 10.3. The standard InChI is InChI=1S/C11H24N2O.ClH/c1-5-6-7-9(12)10(14)13-8-11(2,3)4;/h9H,5-8,12H2,1-4H3,(H,13,14);1H/t9-;/m1./s1. The molecule has 3 nitrogen and oxygen atoms in total. The fourth-order valence-corrected chi connectivity index (χ4v) is 1.04. The first-order chi connectivity index (χ1) is 6.37. The predicted octanol–water partition coefficient (Wildman–Crippen LogP) is 2.09. The summed E-state index contributed by atoms with van der Waals surface area (Å²) in [5.41, 5.74) is 5.85. The van der Waals surface area contributed by atoms with E-state index in [0.717, 1.165) is 19.3 Å². The number of rotatable bonds is 5. The van der Waals surface area contributed by atoms with Gasteiger partial charge in [0, 0.05) is 6.54 Å². The highest BCUT2D eigenvalue weighted by molar-refractivity contribution is 5.85. The van der Waals surface area contributed by atoms with Crippen molar-refractivity contribution in [3.05, 3.63) is 0 Å². The topological polar surface area (TPSA) is 55.1 Å². The molecular formula is C11H25ClN2O. The predicted molar refractivity (Wildman–Crippen MR) is 67.2 cm³/mol. The molecule has 1 amide bonds. The van der Waals surface area contributed by atoms with Crippen LogP contribution in [-0.4, -0.2) is 18.5 Å². The second-order valence-electron chi connectivity index (χ2n) is 5.03. The van der Waals surface area contributed by atoms with E-state index in [0.29, 0.717) is 6.54 Å². The molecule has 0 heterocycles. The SMILES string of the molecule is CCCC[C@@H](N)C(=O)NCC(C)(C)C.Cl. The van der Waals surface area contributed by atoms with Crippen molar-refractivity contribution in [2.45, 2.75) is 53.0 Å². The van der Waals surface area contributed by atoms with Gasteiger partial charge in [0.15, 0.2) is 0 Å². The van der Waals surface area contributed by atoms with E-state index >= 15 is 0 Å². The van der Waals surface area contributed by atoms with Gasteiger partial charge in [0.05, 0.1) is 6.04 Å². The number of amides is 1. The average Bonchev–Trinajstić information content (AvgIpc) is 2.09. The molecule has 0 bridgehead atoms. The molecule has 0 aromatic rings. The van der Waals surface area contributed by atoms with E-state index in [1.54, 1.807) is 0 Å². The van der Waals surface area contributed by atoms with Gasteiger partial charge >= 0.3 is 0 Å². The molecule has 0 aromatic carbocycles. The third kappa shape index (κ3) is 10.0. The molecule has 0 aliphatic rings. The van der Waals surface area contributed by atoms with Crippen molar-refractivity contribution in [1.29, 1.82) is 0 Å². The van der Waals surface area contributed by atoms with E-state index in [1.165, 1.54) is 0 Å². The summed E-state index contributed by atoms with van der Waals surface area (Å²) in [4.78, 5) is 11.5. The highest BCUT2D eigenvalue weighted by Gasteiger charge is 2.16. The number of carbonyl (C=O) groups is 1. The minimum absolute atomic E-state index is 0. The molecule has 15 heavy (non-hydrogen) atoms.